The molecule has 0 aliphatic carbocycles. The lowest BCUT2D eigenvalue weighted by Crippen LogP contribution is -2.43. The zero-order chi connectivity index (χ0) is 27.6. The van der Waals surface area contributed by atoms with Crippen molar-refractivity contribution in [1.29, 1.82) is 10.5 Å². The van der Waals surface area contributed by atoms with Gasteiger partial charge in [0.25, 0.3) is 23.6 Å². The number of nitrogens with two attached hydrogens (primary N) is 1. The van der Waals surface area contributed by atoms with Gasteiger partial charge in [0, 0.05) is 40.1 Å². The SMILES string of the molecule is CNc1cc(N2C(=O)c3ccc4c5c(ccc(c35)C2=O)C(=O)N(c2ccc(C#N)c(N)c2)C4=O)ccc1C#N. The van der Waals surface area contributed by atoms with Crippen LogP contribution in [0.3, 0.4) is 0 Å². The lowest BCUT2D eigenvalue weighted by molar-refractivity contribution is 0.0873. The smallest absolute Gasteiger partial charge is 0.265 e. The summed E-state index contributed by atoms with van der Waals surface area (Å²) >= 11 is 0. The van der Waals surface area contributed by atoms with Gasteiger partial charge in [0.2, 0.25) is 0 Å². The molecule has 186 valence electrons. The van der Waals surface area contributed by atoms with E-state index in [1.807, 2.05) is 12.1 Å². The van der Waals surface area contributed by atoms with Crippen LogP contribution in [-0.4, -0.2) is 30.7 Å². The van der Waals surface area contributed by atoms with E-state index in [1.165, 1.54) is 60.7 Å². The van der Waals surface area contributed by atoms with Crippen LogP contribution in [-0.2, 0) is 0 Å². The quantitative estimate of drug-likeness (QED) is 0.309. The van der Waals surface area contributed by atoms with Crippen molar-refractivity contribution in [2.45, 2.75) is 0 Å². The van der Waals surface area contributed by atoms with Crippen molar-refractivity contribution in [3.63, 3.8) is 0 Å². The average molecular weight is 512 g/mol. The van der Waals surface area contributed by atoms with Crippen molar-refractivity contribution in [2.24, 2.45) is 0 Å². The molecule has 0 aromatic heterocycles. The molecule has 0 unspecified atom stereocenters. The van der Waals surface area contributed by atoms with Gasteiger partial charge in [-0.2, -0.15) is 10.5 Å². The highest BCUT2D eigenvalue weighted by molar-refractivity contribution is 6.42. The van der Waals surface area contributed by atoms with E-state index in [2.05, 4.69) is 5.32 Å². The maximum atomic E-state index is 13.6. The highest BCUT2D eigenvalue weighted by atomic mass is 16.2. The van der Waals surface area contributed by atoms with Crippen LogP contribution >= 0.6 is 0 Å². The molecule has 4 aromatic carbocycles. The van der Waals surface area contributed by atoms with E-state index in [1.54, 1.807) is 7.05 Å². The third-order valence-electron chi connectivity index (χ3n) is 6.96. The van der Waals surface area contributed by atoms with Crippen LogP contribution in [0.5, 0.6) is 0 Å². The van der Waals surface area contributed by atoms with E-state index in [-0.39, 0.29) is 55.7 Å². The van der Waals surface area contributed by atoms with E-state index < -0.39 is 23.6 Å². The van der Waals surface area contributed by atoms with Crippen LogP contribution in [0.4, 0.5) is 22.7 Å². The van der Waals surface area contributed by atoms with E-state index in [4.69, 9.17) is 11.0 Å². The Hall–Kier alpha value is -6.00. The van der Waals surface area contributed by atoms with Gasteiger partial charge in [-0.05, 0) is 60.7 Å². The summed E-state index contributed by atoms with van der Waals surface area (Å²) in [6, 6.07) is 18.7. The van der Waals surface area contributed by atoms with Gasteiger partial charge in [0.05, 0.1) is 33.9 Å². The van der Waals surface area contributed by atoms with Gasteiger partial charge < -0.3 is 11.1 Å². The Labute approximate surface area is 221 Å². The summed E-state index contributed by atoms with van der Waals surface area (Å²) in [7, 11) is 1.63. The fourth-order valence-electron chi connectivity index (χ4n) is 5.11. The van der Waals surface area contributed by atoms with Crippen LogP contribution in [0.25, 0.3) is 10.8 Å². The second-order valence-corrected chi connectivity index (χ2v) is 8.94. The lowest BCUT2D eigenvalue weighted by Gasteiger charge is -2.32. The number of amides is 4. The van der Waals surface area contributed by atoms with Gasteiger partial charge in [-0.3, -0.25) is 19.2 Å². The van der Waals surface area contributed by atoms with Crippen molar-refractivity contribution in [3.05, 3.63) is 94.0 Å². The summed E-state index contributed by atoms with van der Waals surface area (Å²) in [6.45, 7) is 0. The number of hydrogen-bond donors (Lipinski definition) is 2. The Morgan fingerprint density at radius 3 is 1.44 bits per heavy atom. The van der Waals surface area contributed by atoms with Crippen molar-refractivity contribution in [1.82, 2.24) is 0 Å². The number of carbonyl (C=O) groups excluding carboxylic acids is 4. The molecule has 6 rings (SSSR count). The molecule has 0 bridgehead atoms. The van der Waals surface area contributed by atoms with Crippen molar-refractivity contribution < 1.29 is 19.2 Å². The Morgan fingerprint density at radius 2 is 1.05 bits per heavy atom. The lowest BCUT2D eigenvalue weighted by atomic mass is 9.85. The summed E-state index contributed by atoms with van der Waals surface area (Å²) in [5.74, 6) is -2.53. The molecule has 10 nitrogen and oxygen atoms in total. The van der Waals surface area contributed by atoms with Crippen LogP contribution in [0.15, 0.2) is 60.7 Å². The number of nitrogen functional groups attached to an aromatic ring is 1. The molecule has 2 aliphatic heterocycles. The maximum Gasteiger partial charge on any atom is 0.265 e. The Kier molecular flexibility index (Phi) is 4.96. The standard InChI is InChI=1S/C29H16N6O4/c1-33-23-11-17(5-3-15(23)13-31)35-28(38)20-8-6-18-24-19(7-9-21(25(20)24)29(35)39)27(37)34(26(18)36)16-4-2-14(12-30)22(32)10-16/h2-11,33H,32H2,1H3. The molecule has 4 aromatic rings. The second-order valence-electron chi connectivity index (χ2n) is 8.94. The fraction of sp³-hybridized carbons (Fsp3) is 0.0345. The van der Waals surface area contributed by atoms with E-state index >= 15 is 0 Å². The van der Waals surface area contributed by atoms with Crippen LogP contribution < -0.4 is 20.9 Å². The highest BCUT2D eigenvalue weighted by Gasteiger charge is 2.40. The Balaban J connectivity index is 1.51. The first-order valence-corrected chi connectivity index (χ1v) is 11.7. The molecular weight excluding hydrogens is 496 g/mol. The molecule has 0 saturated carbocycles. The first-order chi connectivity index (χ1) is 18.8. The Morgan fingerprint density at radius 1 is 0.641 bits per heavy atom. The average Bonchev–Trinajstić information content (AvgIpc) is 2.94. The zero-order valence-corrected chi connectivity index (χ0v) is 20.3. The minimum absolute atomic E-state index is 0.118. The number of hydrogen-bond acceptors (Lipinski definition) is 8. The van der Waals surface area contributed by atoms with Gasteiger partial charge in [-0.15, -0.1) is 0 Å². The molecule has 3 N–H and O–H groups in total. The number of anilines is 4. The predicted octanol–water partition coefficient (Wildman–Crippen LogP) is 3.81. The predicted molar refractivity (Wildman–Crippen MR) is 143 cm³/mol. The summed E-state index contributed by atoms with van der Waals surface area (Å²) in [5.41, 5.74) is 8.14. The third kappa shape index (κ3) is 3.12. The number of nitriles is 2. The molecule has 10 heteroatoms. The molecular formula is C29H16N6O4. The van der Waals surface area contributed by atoms with Crippen molar-refractivity contribution in [3.8, 4) is 12.1 Å². The number of benzene rings is 4. The number of nitrogens with zero attached hydrogens (tertiary/aromatic N) is 4. The molecule has 39 heavy (non-hydrogen) atoms. The molecule has 0 atom stereocenters. The molecule has 2 heterocycles. The monoisotopic (exact) mass is 512 g/mol. The second kappa shape index (κ2) is 8.26. The summed E-state index contributed by atoms with van der Waals surface area (Å²) in [5, 5.41) is 21.8. The molecule has 0 radical (unpaired) electrons. The Bertz CT molecular complexity index is 1860. The van der Waals surface area contributed by atoms with Gasteiger partial charge in [-0.1, -0.05) is 0 Å². The van der Waals surface area contributed by atoms with Crippen LogP contribution in [0.1, 0.15) is 52.6 Å². The maximum absolute atomic E-state index is 13.6. The number of nitrogens with one attached hydrogen (secondary N) is 1. The molecule has 4 amide bonds. The molecule has 0 spiro atoms. The summed E-state index contributed by atoms with van der Waals surface area (Å²) in [4.78, 5) is 56.4. The fourth-order valence-corrected chi connectivity index (χ4v) is 5.11. The molecule has 0 saturated heterocycles. The van der Waals surface area contributed by atoms with Gasteiger partial charge in [0.15, 0.2) is 0 Å². The number of rotatable bonds is 3. The number of carbonyl (C=O) groups is 4. The van der Waals surface area contributed by atoms with Gasteiger partial charge >= 0.3 is 0 Å². The molecule has 2 aliphatic rings. The van der Waals surface area contributed by atoms with E-state index in [9.17, 15) is 24.4 Å². The van der Waals surface area contributed by atoms with Gasteiger partial charge in [-0.25, -0.2) is 9.80 Å². The van der Waals surface area contributed by atoms with E-state index in [0.717, 1.165) is 9.80 Å². The first kappa shape index (κ1) is 23.4. The van der Waals surface area contributed by atoms with Crippen molar-refractivity contribution in [2.75, 3.05) is 27.9 Å². The van der Waals surface area contributed by atoms with Crippen LogP contribution in [0, 0.1) is 22.7 Å². The topological polar surface area (TPSA) is 160 Å². The normalized spacial score (nSPS) is 13.9. The largest absolute Gasteiger partial charge is 0.398 e. The number of imide groups is 2. The van der Waals surface area contributed by atoms with E-state index in [0.29, 0.717) is 11.3 Å². The van der Waals surface area contributed by atoms with Gasteiger partial charge in [0.1, 0.15) is 12.1 Å². The summed E-state index contributed by atoms with van der Waals surface area (Å²) < 4.78 is 0. The first-order valence-electron chi connectivity index (χ1n) is 11.7. The van der Waals surface area contributed by atoms with Crippen LogP contribution in [0.2, 0.25) is 0 Å². The molecule has 0 fully saturated rings. The van der Waals surface area contributed by atoms with Crippen molar-refractivity contribution >= 4 is 57.2 Å². The zero-order valence-electron chi connectivity index (χ0n) is 20.3. The minimum Gasteiger partial charge on any atom is -0.398 e. The third-order valence-corrected chi connectivity index (χ3v) is 6.96. The summed E-state index contributed by atoms with van der Waals surface area (Å²) in [6.07, 6.45) is 0. The minimum atomic E-state index is -0.645. The highest BCUT2D eigenvalue weighted by Crippen LogP contribution is 2.40.